The highest BCUT2D eigenvalue weighted by Gasteiger charge is 2.09. The zero-order valence-electron chi connectivity index (χ0n) is 16.7. The first kappa shape index (κ1) is 21.7. The molecule has 2 aromatic rings. The number of benzene rings is 2. The minimum Gasteiger partial charge on any atom is -0.491 e. The van der Waals surface area contributed by atoms with Crippen molar-refractivity contribution in [2.75, 3.05) is 20.3 Å². The number of aliphatic hydroxyl groups excluding tert-OH is 1. The van der Waals surface area contributed by atoms with Crippen LogP contribution in [0.4, 0.5) is 0 Å². The average Bonchev–Trinajstić information content (AvgIpc) is 2.71. The van der Waals surface area contributed by atoms with Crippen molar-refractivity contribution in [1.82, 2.24) is 5.32 Å². The third-order valence-corrected chi connectivity index (χ3v) is 4.37. The van der Waals surface area contributed by atoms with E-state index in [-0.39, 0.29) is 18.6 Å². The van der Waals surface area contributed by atoms with Crippen LogP contribution in [0, 0.1) is 0 Å². The second-order valence-corrected chi connectivity index (χ2v) is 6.84. The number of nitrogens with one attached hydrogen (secondary N) is 1. The summed E-state index contributed by atoms with van der Waals surface area (Å²) in [6.45, 7) is 4.69. The Labute approximate surface area is 167 Å². The van der Waals surface area contributed by atoms with Crippen molar-refractivity contribution in [2.24, 2.45) is 0 Å². The third kappa shape index (κ3) is 7.55. The molecule has 0 amide bonds. The lowest BCUT2D eigenvalue weighted by Crippen LogP contribution is -2.37. The van der Waals surface area contributed by atoms with Crippen LogP contribution in [0.3, 0.4) is 0 Å². The normalized spacial score (nSPS) is 13.6. The van der Waals surface area contributed by atoms with Gasteiger partial charge in [-0.15, -0.1) is 0 Å². The first-order valence-corrected chi connectivity index (χ1v) is 9.42. The van der Waals surface area contributed by atoms with Gasteiger partial charge in [0.15, 0.2) is 0 Å². The molecule has 2 N–H and O–H groups in total. The summed E-state index contributed by atoms with van der Waals surface area (Å²) >= 11 is 0. The summed E-state index contributed by atoms with van der Waals surface area (Å²) in [6, 6.07) is 17.8. The van der Waals surface area contributed by atoms with Crippen LogP contribution in [0.15, 0.2) is 60.7 Å². The van der Waals surface area contributed by atoms with E-state index >= 15 is 0 Å². The Hall–Kier alpha value is -2.63. The molecule has 0 saturated carbocycles. The van der Waals surface area contributed by atoms with E-state index < -0.39 is 6.10 Å². The van der Waals surface area contributed by atoms with E-state index in [1.807, 2.05) is 49.4 Å². The molecule has 0 spiro atoms. The van der Waals surface area contributed by atoms with Gasteiger partial charge in [0, 0.05) is 18.7 Å². The molecule has 0 aliphatic rings. The summed E-state index contributed by atoms with van der Waals surface area (Å²) in [5.41, 5.74) is 3.04. The largest absolute Gasteiger partial charge is 0.491 e. The minimum absolute atomic E-state index is 0.212. The van der Waals surface area contributed by atoms with E-state index in [9.17, 15) is 9.90 Å². The molecule has 2 aromatic carbocycles. The Morgan fingerprint density at radius 2 is 1.82 bits per heavy atom. The zero-order chi connectivity index (χ0) is 20.4. The lowest BCUT2D eigenvalue weighted by atomic mass is 10.0. The molecule has 0 fully saturated rings. The number of rotatable bonds is 10. The van der Waals surface area contributed by atoms with E-state index in [0.717, 1.165) is 23.3 Å². The maximum Gasteiger partial charge on any atom is 0.330 e. The van der Waals surface area contributed by atoms with E-state index in [4.69, 9.17) is 4.74 Å². The van der Waals surface area contributed by atoms with Crippen LogP contribution in [0.25, 0.3) is 5.57 Å². The predicted octanol–water partition coefficient (Wildman–Crippen LogP) is 3.22. The van der Waals surface area contributed by atoms with Crippen molar-refractivity contribution in [3.63, 3.8) is 0 Å². The lowest BCUT2D eigenvalue weighted by molar-refractivity contribution is -0.134. The molecule has 0 radical (unpaired) electrons. The van der Waals surface area contributed by atoms with Crippen LogP contribution < -0.4 is 10.1 Å². The molecular weight excluding hydrogens is 354 g/mol. The Morgan fingerprint density at radius 3 is 2.46 bits per heavy atom. The SMILES string of the molecule is COC(=O)C=C(C)c1ccc(CC(C)NC[C@@H](O)COc2ccccc2)cc1. The first-order chi connectivity index (χ1) is 13.5. The highest BCUT2D eigenvalue weighted by atomic mass is 16.5. The van der Waals surface area contributed by atoms with Gasteiger partial charge in [-0.2, -0.15) is 0 Å². The molecule has 5 nitrogen and oxygen atoms in total. The molecule has 0 bridgehead atoms. The minimum atomic E-state index is -0.573. The van der Waals surface area contributed by atoms with Crippen molar-refractivity contribution in [1.29, 1.82) is 0 Å². The van der Waals surface area contributed by atoms with Gasteiger partial charge in [-0.1, -0.05) is 42.5 Å². The fourth-order valence-electron chi connectivity index (χ4n) is 2.75. The van der Waals surface area contributed by atoms with Crippen LogP contribution in [0.5, 0.6) is 5.75 Å². The van der Waals surface area contributed by atoms with E-state index in [0.29, 0.717) is 6.54 Å². The second kappa shape index (κ2) is 11.3. The number of allylic oxidation sites excluding steroid dienone is 1. The number of esters is 1. The number of para-hydroxylation sites is 1. The summed E-state index contributed by atoms with van der Waals surface area (Å²) in [4.78, 5) is 11.3. The van der Waals surface area contributed by atoms with Crippen molar-refractivity contribution in [2.45, 2.75) is 32.4 Å². The molecule has 28 heavy (non-hydrogen) atoms. The Bertz CT molecular complexity index is 756. The quantitative estimate of drug-likeness (QED) is 0.487. The standard InChI is InChI=1S/C23H29NO4/c1-17(13-23(26)27-3)20-11-9-19(10-12-20)14-18(2)24-15-21(25)16-28-22-7-5-4-6-8-22/h4-13,18,21,24-25H,14-16H2,1-3H3/t18?,21-/m1/s1. The van der Waals surface area contributed by atoms with Crippen LogP contribution in [-0.2, 0) is 16.0 Å². The van der Waals surface area contributed by atoms with Gasteiger partial charge in [0.25, 0.3) is 0 Å². The number of carbonyl (C=O) groups is 1. The van der Waals surface area contributed by atoms with E-state index in [1.54, 1.807) is 0 Å². The smallest absolute Gasteiger partial charge is 0.330 e. The van der Waals surface area contributed by atoms with Crippen LogP contribution >= 0.6 is 0 Å². The van der Waals surface area contributed by atoms with Crippen molar-refractivity contribution in [3.8, 4) is 5.75 Å². The molecule has 0 saturated heterocycles. The summed E-state index contributed by atoms with van der Waals surface area (Å²) in [7, 11) is 1.37. The van der Waals surface area contributed by atoms with Crippen molar-refractivity contribution >= 4 is 11.5 Å². The fraction of sp³-hybridized carbons (Fsp3) is 0.348. The lowest BCUT2D eigenvalue weighted by Gasteiger charge is -2.18. The van der Waals surface area contributed by atoms with Gasteiger partial charge in [0.05, 0.1) is 7.11 Å². The predicted molar refractivity (Wildman–Crippen MR) is 111 cm³/mol. The molecule has 0 aliphatic heterocycles. The molecule has 2 rings (SSSR count). The number of aliphatic hydroxyl groups is 1. The fourth-order valence-corrected chi connectivity index (χ4v) is 2.75. The highest BCUT2D eigenvalue weighted by Crippen LogP contribution is 2.15. The number of hydrogen-bond acceptors (Lipinski definition) is 5. The molecule has 1 unspecified atom stereocenters. The number of ether oxygens (including phenoxy) is 2. The second-order valence-electron chi connectivity index (χ2n) is 6.84. The maximum absolute atomic E-state index is 11.3. The van der Waals surface area contributed by atoms with Gasteiger partial charge < -0.3 is 19.9 Å². The zero-order valence-corrected chi connectivity index (χ0v) is 16.7. The van der Waals surface area contributed by atoms with Gasteiger partial charge in [0.2, 0.25) is 0 Å². The molecule has 0 aromatic heterocycles. The first-order valence-electron chi connectivity index (χ1n) is 9.42. The Balaban J connectivity index is 1.75. The van der Waals surface area contributed by atoms with Crippen LogP contribution in [0.2, 0.25) is 0 Å². The molecular formula is C23H29NO4. The Kier molecular flexibility index (Phi) is 8.72. The number of carbonyl (C=O) groups excluding carboxylic acids is 1. The highest BCUT2D eigenvalue weighted by molar-refractivity contribution is 5.90. The topological polar surface area (TPSA) is 67.8 Å². The summed E-state index contributed by atoms with van der Waals surface area (Å²) in [5, 5.41) is 13.4. The molecule has 2 atom stereocenters. The molecule has 0 aliphatic carbocycles. The monoisotopic (exact) mass is 383 g/mol. The van der Waals surface area contributed by atoms with Gasteiger partial charge in [-0.3, -0.25) is 0 Å². The van der Waals surface area contributed by atoms with Crippen LogP contribution in [0.1, 0.15) is 25.0 Å². The van der Waals surface area contributed by atoms with Crippen molar-refractivity contribution in [3.05, 3.63) is 71.8 Å². The van der Waals surface area contributed by atoms with Gasteiger partial charge in [0.1, 0.15) is 18.5 Å². The molecule has 0 heterocycles. The number of hydrogen-bond donors (Lipinski definition) is 2. The third-order valence-electron chi connectivity index (χ3n) is 4.37. The number of methoxy groups -OCH3 is 1. The van der Waals surface area contributed by atoms with Crippen LogP contribution in [-0.4, -0.2) is 43.5 Å². The molecule has 5 heteroatoms. The maximum atomic E-state index is 11.3. The average molecular weight is 383 g/mol. The Morgan fingerprint density at radius 1 is 1.14 bits per heavy atom. The van der Waals surface area contributed by atoms with Crippen molar-refractivity contribution < 1.29 is 19.4 Å². The summed E-state index contributed by atoms with van der Waals surface area (Å²) in [5.74, 6) is 0.403. The van der Waals surface area contributed by atoms with E-state index in [2.05, 4.69) is 29.1 Å². The van der Waals surface area contributed by atoms with Gasteiger partial charge in [-0.05, 0) is 49.1 Å². The summed E-state index contributed by atoms with van der Waals surface area (Å²) < 4.78 is 10.2. The van der Waals surface area contributed by atoms with Gasteiger partial charge >= 0.3 is 5.97 Å². The van der Waals surface area contributed by atoms with E-state index in [1.165, 1.54) is 18.7 Å². The summed E-state index contributed by atoms with van der Waals surface area (Å²) in [6.07, 6.45) is 1.75. The van der Waals surface area contributed by atoms with Gasteiger partial charge in [-0.25, -0.2) is 4.79 Å². The molecule has 150 valence electrons.